The fourth-order valence-corrected chi connectivity index (χ4v) is 4.77. The molecule has 0 bridgehead atoms. The maximum atomic E-state index is 12.9. The van der Waals surface area contributed by atoms with Crippen LogP contribution in [0.1, 0.15) is 84.0 Å². The number of carbonyl (C=O) groups is 5. The number of nitrogens with two attached hydrogens (primary N) is 1. The van der Waals surface area contributed by atoms with Gasteiger partial charge in [-0.2, -0.15) is 26.3 Å². The van der Waals surface area contributed by atoms with Crippen molar-refractivity contribution in [3.63, 3.8) is 0 Å². The van der Waals surface area contributed by atoms with E-state index in [2.05, 4.69) is 10.2 Å². The Kier molecular flexibility index (Phi) is 17.8. The highest BCUT2D eigenvalue weighted by Gasteiger charge is 2.40. The predicted octanol–water partition coefficient (Wildman–Crippen LogP) is 2.86. The van der Waals surface area contributed by atoms with Crippen LogP contribution < -0.4 is 21.7 Å². The third-order valence-electron chi connectivity index (χ3n) is 7.33. The van der Waals surface area contributed by atoms with Crippen LogP contribution in [0, 0.1) is 5.92 Å². The zero-order valence-corrected chi connectivity index (χ0v) is 25.5. The van der Waals surface area contributed by atoms with Gasteiger partial charge in [-0.3, -0.25) is 19.2 Å². The van der Waals surface area contributed by atoms with Gasteiger partial charge in [0.25, 0.3) is 0 Å². The Hall–Kier alpha value is -3.11. The normalized spacial score (nSPS) is 16.0. The van der Waals surface area contributed by atoms with E-state index >= 15 is 0 Å². The third-order valence-corrected chi connectivity index (χ3v) is 7.33. The van der Waals surface area contributed by atoms with Crippen molar-refractivity contribution < 1.29 is 55.1 Å². The lowest BCUT2D eigenvalue weighted by molar-refractivity contribution is -0.174. The molecule has 45 heavy (non-hydrogen) atoms. The van der Waals surface area contributed by atoms with Crippen LogP contribution in [-0.2, 0) is 28.7 Å². The molecule has 1 fully saturated rings. The van der Waals surface area contributed by atoms with E-state index in [-0.39, 0.29) is 64.5 Å². The molecule has 0 saturated carbocycles. The van der Waals surface area contributed by atoms with Crippen molar-refractivity contribution in [2.24, 2.45) is 11.7 Å². The number of esters is 1. The van der Waals surface area contributed by atoms with Crippen molar-refractivity contribution in [3.8, 4) is 0 Å². The number of alkyl halides is 6. The zero-order chi connectivity index (χ0) is 34.0. The first-order valence-corrected chi connectivity index (χ1v) is 15.2. The first kappa shape index (κ1) is 39.9. The highest BCUT2D eigenvalue weighted by atomic mass is 19.4. The van der Waals surface area contributed by atoms with Crippen LogP contribution in [0.25, 0.3) is 0 Å². The number of rotatable bonds is 21. The first-order chi connectivity index (χ1) is 21.0. The molecule has 4 amide bonds. The number of nitrogens with one attached hydrogen (secondary N) is 3. The SMILES string of the molecule is CC(CCCNC(=O)C(F)(F)F)C(=O)NC(CCCC(CCCC(N)=O)NC(=O)C(F)(F)F)C(=O)OCCCCN1CCCC1. The molecule has 1 heterocycles. The van der Waals surface area contributed by atoms with Crippen molar-refractivity contribution in [2.75, 3.05) is 32.8 Å². The molecule has 3 atom stereocenters. The van der Waals surface area contributed by atoms with E-state index in [9.17, 15) is 50.3 Å². The predicted molar refractivity (Wildman–Crippen MR) is 150 cm³/mol. The molecule has 260 valence electrons. The molecule has 1 aliphatic rings. The average Bonchev–Trinajstić information content (AvgIpc) is 3.46. The Balaban J connectivity index is 2.74. The van der Waals surface area contributed by atoms with E-state index in [1.54, 1.807) is 5.32 Å². The minimum Gasteiger partial charge on any atom is -0.464 e. The number of hydrogen-bond acceptors (Lipinski definition) is 7. The summed E-state index contributed by atoms with van der Waals surface area (Å²) in [6.45, 7) is 4.16. The molecule has 1 aliphatic heterocycles. The summed E-state index contributed by atoms with van der Waals surface area (Å²) < 4.78 is 80.9. The molecule has 1 saturated heterocycles. The molecule has 0 aromatic heterocycles. The molecule has 3 unspecified atom stereocenters. The number of hydrogen-bond donors (Lipinski definition) is 4. The molecule has 0 radical (unpaired) electrons. The molecule has 0 aromatic rings. The molecule has 0 aromatic carbocycles. The summed E-state index contributed by atoms with van der Waals surface area (Å²) in [6, 6.07) is -2.16. The van der Waals surface area contributed by atoms with Crippen molar-refractivity contribution in [1.82, 2.24) is 20.9 Å². The summed E-state index contributed by atoms with van der Waals surface area (Å²) in [5.41, 5.74) is 5.09. The standard InChI is InChI=1S/C28H45F6N5O6/c1-19(9-8-14-36-25(43)27(29,30)31)23(41)38-21(24(42)45-18-5-4-17-39-15-2-3-16-39)12-6-10-20(11-7-13-22(35)40)37-26(44)28(32,33)34/h19-21H,2-18H2,1H3,(H2,35,40)(H,36,43)(H,37,44)(H,38,41). The second-order valence-electron chi connectivity index (χ2n) is 11.2. The monoisotopic (exact) mass is 661 g/mol. The number of carbonyl (C=O) groups excluding carboxylic acids is 5. The molecule has 0 aliphatic carbocycles. The number of ether oxygens (including phenoxy) is 1. The van der Waals surface area contributed by atoms with Crippen LogP contribution in [0.2, 0.25) is 0 Å². The van der Waals surface area contributed by atoms with E-state index in [1.165, 1.54) is 6.92 Å². The minimum atomic E-state index is -5.12. The number of likely N-dealkylation sites (tertiary alicyclic amines) is 1. The number of unbranched alkanes of at least 4 members (excludes halogenated alkanes) is 1. The van der Waals surface area contributed by atoms with Gasteiger partial charge in [-0.05, 0) is 90.3 Å². The van der Waals surface area contributed by atoms with E-state index in [1.807, 2.05) is 5.32 Å². The highest BCUT2D eigenvalue weighted by Crippen LogP contribution is 2.18. The molecular weight excluding hydrogens is 616 g/mol. The summed E-state index contributed by atoms with van der Waals surface area (Å²) >= 11 is 0. The zero-order valence-electron chi connectivity index (χ0n) is 25.5. The van der Waals surface area contributed by atoms with Crippen LogP contribution in [-0.4, -0.2) is 91.7 Å². The van der Waals surface area contributed by atoms with Crippen LogP contribution in [0.3, 0.4) is 0 Å². The average molecular weight is 662 g/mol. The van der Waals surface area contributed by atoms with Crippen LogP contribution in [0.5, 0.6) is 0 Å². The Bertz CT molecular complexity index is 959. The molecule has 17 heteroatoms. The van der Waals surface area contributed by atoms with Gasteiger partial charge in [0.15, 0.2) is 0 Å². The molecule has 1 rings (SSSR count). The van der Waals surface area contributed by atoms with Crippen molar-refractivity contribution in [3.05, 3.63) is 0 Å². The quantitative estimate of drug-likeness (QED) is 0.0836. The highest BCUT2D eigenvalue weighted by molar-refractivity contribution is 5.85. The van der Waals surface area contributed by atoms with Crippen LogP contribution in [0.4, 0.5) is 26.3 Å². The van der Waals surface area contributed by atoms with Gasteiger partial charge in [0, 0.05) is 24.9 Å². The fourth-order valence-electron chi connectivity index (χ4n) is 4.77. The van der Waals surface area contributed by atoms with E-state index in [0.717, 1.165) is 38.9 Å². The summed E-state index contributed by atoms with van der Waals surface area (Å²) in [4.78, 5) is 61.5. The molecule has 11 nitrogen and oxygen atoms in total. The summed E-state index contributed by atoms with van der Waals surface area (Å²) in [5.74, 6) is -7.00. The van der Waals surface area contributed by atoms with E-state index in [4.69, 9.17) is 10.5 Å². The van der Waals surface area contributed by atoms with Crippen LogP contribution >= 0.6 is 0 Å². The smallest absolute Gasteiger partial charge is 0.464 e. The maximum Gasteiger partial charge on any atom is 0.471 e. The lowest BCUT2D eigenvalue weighted by Crippen LogP contribution is -2.45. The number of primary amides is 1. The van der Waals surface area contributed by atoms with Crippen LogP contribution in [0.15, 0.2) is 0 Å². The summed E-state index contributed by atoms with van der Waals surface area (Å²) in [5, 5.41) is 6.15. The lowest BCUT2D eigenvalue weighted by atomic mass is 9.99. The lowest BCUT2D eigenvalue weighted by Gasteiger charge is -2.23. The van der Waals surface area contributed by atoms with Crippen molar-refractivity contribution in [2.45, 2.75) is 108 Å². The minimum absolute atomic E-state index is 0.00940. The maximum absolute atomic E-state index is 12.9. The van der Waals surface area contributed by atoms with Gasteiger partial charge >= 0.3 is 30.1 Å². The second-order valence-corrected chi connectivity index (χ2v) is 11.2. The fraction of sp³-hybridized carbons (Fsp3) is 0.821. The molecule has 5 N–H and O–H groups in total. The number of amides is 4. The Morgan fingerprint density at radius 2 is 1.42 bits per heavy atom. The second kappa shape index (κ2) is 20.1. The van der Waals surface area contributed by atoms with Gasteiger partial charge in [-0.25, -0.2) is 4.79 Å². The van der Waals surface area contributed by atoms with Gasteiger partial charge in [0.05, 0.1) is 6.61 Å². The summed E-state index contributed by atoms with van der Waals surface area (Å²) in [7, 11) is 0. The Morgan fingerprint density at radius 1 is 0.800 bits per heavy atom. The third kappa shape index (κ3) is 17.8. The molecular formula is C28H45F6N5O6. The van der Waals surface area contributed by atoms with Gasteiger partial charge in [-0.15, -0.1) is 0 Å². The topological polar surface area (TPSA) is 160 Å². The first-order valence-electron chi connectivity index (χ1n) is 15.2. The van der Waals surface area contributed by atoms with Crippen molar-refractivity contribution >= 4 is 29.6 Å². The van der Waals surface area contributed by atoms with E-state index < -0.39 is 60.0 Å². The summed E-state index contributed by atoms with van der Waals surface area (Å²) in [6.07, 6.45) is -6.27. The van der Waals surface area contributed by atoms with Gasteiger partial charge in [0.1, 0.15) is 6.04 Å². The number of halogens is 6. The van der Waals surface area contributed by atoms with Gasteiger partial charge < -0.3 is 31.3 Å². The number of nitrogens with zero attached hydrogens (tertiary/aromatic N) is 1. The van der Waals surface area contributed by atoms with E-state index in [0.29, 0.717) is 6.42 Å². The Morgan fingerprint density at radius 3 is 2.02 bits per heavy atom. The van der Waals surface area contributed by atoms with Gasteiger partial charge in [0.2, 0.25) is 11.8 Å². The molecule has 0 spiro atoms. The Labute approximate surface area is 258 Å². The largest absolute Gasteiger partial charge is 0.471 e. The van der Waals surface area contributed by atoms with Crippen molar-refractivity contribution in [1.29, 1.82) is 0 Å². The van der Waals surface area contributed by atoms with Gasteiger partial charge in [-0.1, -0.05) is 6.92 Å².